The maximum Gasteiger partial charge on any atom is 0.356 e. The van der Waals surface area contributed by atoms with Crippen molar-refractivity contribution in [1.82, 2.24) is 0 Å². The summed E-state index contributed by atoms with van der Waals surface area (Å²) in [7, 11) is 4.35. The third-order valence-electron chi connectivity index (χ3n) is 3.87. The van der Waals surface area contributed by atoms with Crippen molar-refractivity contribution in [3.8, 4) is 23.0 Å². The summed E-state index contributed by atoms with van der Waals surface area (Å²) >= 11 is 0. The van der Waals surface area contributed by atoms with Gasteiger partial charge in [-0.1, -0.05) is 12.1 Å². The van der Waals surface area contributed by atoms with Crippen LogP contribution in [-0.2, 0) is 14.4 Å². The molecule has 0 bridgehead atoms. The fourth-order valence-corrected chi connectivity index (χ4v) is 2.69. The number of ether oxygens (including phenoxy) is 5. The summed E-state index contributed by atoms with van der Waals surface area (Å²) in [5, 5.41) is 3.84. The van der Waals surface area contributed by atoms with E-state index in [1.807, 2.05) is 6.92 Å². The van der Waals surface area contributed by atoms with Crippen LogP contribution in [0.5, 0.6) is 23.0 Å². The molecule has 0 saturated heterocycles. The molecule has 3 rings (SSSR count). The predicted molar refractivity (Wildman–Crippen MR) is 78.1 cm³/mol. The van der Waals surface area contributed by atoms with Crippen molar-refractivity contribution in [3.05, 3.63) is 11.6 Å². The number of carbonyl (C=O) groups excluding carboxylic acids is 1. The molecular formula is C15H17NO7. The molecule has 8 heteroatoms. The van der Waals surface area contributed by atoms with Gasteiger partial charge in [-0.05, 0) is 6.07 Å². The predicted octanol–water partition coefficient (Wildman–Crippen LogP) is 1.67. The molecule has 2 atom stereocenters. The minimum absolute atomic E-state index is 0.0799. The molecule has 0 aromatic heterocycles. The van der Waals surface area contributed by atoms with Crippen molar-refractivity contribution in [2.75, 3.05) is 28.1 Å². The van der Waals surface area contributed by atoms with E-state index in [0.29, 0.717) is 28.6 Å². The molecule has 0 unspecified atom stereocenters. The van der Waals surface area contributed by atoms with Crippen LogP contribution in [0, 0.1) is 5.92 Å². The van der Waals surface area contributed by atoms with Crippen molar-refractivity contribution in [3.63, 3.8) is 0 Å². The lowest BCUT2D eigenvalue weighted by molar-refractivity contribution is -0.133. The molecule has 0 N–H and O–H groups in total. The third kappa shape index (κ3) is 2.30. The van der Waals surface area contributed by atoms with Crippen molar-refractivity contribution in [2.24, 2.45) is 11.1 Å². The van der Waals surface area contributed by atoms with Gasteiger partial charge in [0.2, 0.25) is 18.3 Å². The zero-order chi connectivity index (χ0) is 16.6. The summed E-state index contributed by atoms with van der Waals surface area (Å²) in [5.74, 6) is 1.05. The molecule has 8 nitrogen and oxygen atoms in total. The van der Waals surface area contributed by atoms with Gasteiger partial charge in [-0.3, -0.25) is 0 Å². The highest BCUT2D eigenvalue weighted by Gasteiger charge is 2.40. The first-order chi connectivity index (χ1) is 11.1. The van der Waals surface area contributed by atoms with Crippen molar-refractivity contribution in [1.29, 1.82) is 0 Å². The Labute approximate surface area is 132 Å². The number of esters is 1. The number of rotatable bonds is 4. The molecule has 0 amide bonds. The first kappa shape index (κ1) is 15.3. The fraction of sp³-hybridized carbons (Fsp3) is 0.467. The molecule has 0 fully saturated rings. The average molecular weight is 323 g/mol. The maximum atomic E-state index is 11.7. The molecular weight excluding hydrogens is 306 g/mol. The summed E-state index contributed by atoms with van der Waals surface area (Å²) in [6, 6.07) is 1.74. The van der Waals surface area contributed by atoms with Gasteiger partial charge in [0.15, 0.2) is 23.3 Å². The molecule has 2 heterocycles. The van der Waals surface area contributed by atoms with E-state index in [4.69, 9.17) is 28.5 Å². The zero-order valence-corrected chi connectivity index (χ0v) is 13.2. The second-order valence-corrected chi connectivity index (χ2v) is 5.05. The smallest absolute Gasteiger partial charge is 0.356 e. The van der Waals surface area contributed by atoms with Crippen LogP contribution in [0.3, 0.4) is 0 Å². The Morgan fingerprint density at radius 1 is 1.22 bits per heavy atom. The van der Waals surface area contributed by atoms with E-state index in [0.717, 1.165) is 0 Å². The van der Waals surface area contributed by atoms with Gasteiger partial charge in [0.25, 0.3) is 0 Å². The van der Waals surface area contributed by atoms with Gasteiger partial charge in [-0.2, -0.15) is 0 Å². The third-order valence-corrected chi connectivity index (χ3v) is 3.87. The number of hydrogen-bond donors (Lipinski definition) is 0. The molecule has 1 aromatic carbocycles. The number of benzene rings is 1. The van der Waals surface area contributed by atoms with Gasteiger partial charge in [-0.25, -0.2) is 4.79 Å². The molecule has 2 aliphatic heterocycles. The lowest BCUT2D eigenvalue weighted by atomic mass is 9.92. The average Bonchev–Trinajstić information content (AvgIpc) is 3.19. The van der Waals surface area contributed by atoms with E-state index >= 15 is 0 Å². The highest BCUT2D eigenvalue weighted by molar-refractivity contribution is 6.37. The maximum absolute atomic E-state index is 11.7. The second-order valence-electron chi connectivity index (χ2n) is 5.05. The quantitative estimate of drug-likeness (QED) is 0.779. The molecule has 124 valence electrons. The number of carbonyl (C=O) groups is 1. The first-order valence-corrected chi connectivity index (χ1v) is 6.98. The normalized spacial score (nSPS) is 21.5. The van der Waals surface area contributed by atoms with Gasteiger partial charge in [0.1, 0.15) is 0 Å². The van der Waals surface area contributed by atoms with E-state index in [9.17, 15) is 4.79 Å². The Morgan fingerprint density at radius 2 is 1.96 bits per heavy atom. The van der Waals surface area contributed by atoms with Gasteiger partial charge in [0.05, 0.1) is 27.2 Å². The summed E-state index contributed by atoms with van der Waals surface area (Å²) in [4.78, 5) is 17.2. The van der Waals surface area contributed by atoms with E-state index < -0.39 is 12.1 Å². The Hall–Kier alpha value is -2.64. The summed E-state index contributed by atoms with van der Waals surface area (Å²) in [5.41, 5.74) is 0.875. The Balaban J connectivity index is 2.03. The molecule has 2 aliphatic rings. The lowest BCUT2D eigenvalue weighted by Gasteiger charge is -2.19. The van der Waals surface area contributed by atoms with Gasteiger partial charge in [-0.15, -0.1) is 0 Å². The SMILES string of the molecule is COC(=O)C1=NO[C@H](c2cc(OC)c3c(c2OC)OCO3)[C@@H]1C. The molecule has 1 aromatic rings. The standard InChI is InChI=1S/C15H17NO7/c1-7-10(15(17)20-4)16-23-11(7)8-5-9(18-2)13-14(12(8)19-3)22-6-21-13/h5,7,11H,6H2,1-4H3/t7-,11+/m1/s1. The Morgan fingerprint density at radius 3 is 2.61 bits per heavy atom. The highest BCUT2D eigenvalue weighted by atomic mass is 16.7. The van der Waals surface area contributed by atoms with Crippen LogP contribution >= 0.6 is 0 Å². The van der Waals surface area contributed by atoms with Crippen LogP contribution in [0.15, 0.2) is 11.2 Å². The molecule has 0 aliphatic carbocycles. The Kier molecular flexibility index (Phi) is 3.89. The van der Waals surface area contributed by atoms with Crippen LogP contribution in [0.1, 0.15) is 18.6 Å². The molecule has 0 saturated carbocycles. The second kappa shape index (κ2) is 5.86. The van der Waals surface area contributed by atoms with Crippen LogP contribution in [0.25, 0.3) is 0 Å². The summed E-state index contributed by atoms with van der Waals surface area (Å²) < 4.78 is 26.4. The molecule has 0 radical (unpaired) electrons. The number of oxime groups is 1. The summed E-state index contributed by atoms with van der Waals surface area (Å²) in [6.45, 7) is 1.90. The minimum atomic E-state index is -0.526. The number of fused-ring (bicyclic) bond motifs is 1. The largest absolute Gasteiger partial charge is 0.493 e. The topological polar surface area (TPSA) is 84.8 Å². The highest BCUT2D eigenvalue weighted by Crippen LogP contribution is 2.53. The summed E-state index contributed by atoms with van der Waals surface area (Å²) in [6.07, 6.45) is -0.526. The van der Waals surface area contributed by atoms with Crippen LogP contribution < -0.4 is 18.9 Å². The molecule has 23 heavy (non-hydrogen) atoms. The van der Waals surface area contributed by atoms with E-state index in [-0.39, 0.29) is 18.4 Å². The number of methoxy groups -OCH3 is 3. The first-order valence-electron chi connectivity index (χ1n) is 6.98. The van der Waals surface area contributed by atoms with Gasteiger partial charge < -0.3 is 28.5 Å². The number of hydrogen-bond acceptors (Lipinski definition) is 8. The van der Waals surface area contributed by atoms with Crippen molar-refractivity contribution >= 4 is 11.7 Å². The van der Waals surface area contributed by atoms with E-state index in [1.165, 1.54) is 21.3 Å². The Bertz CT molecular complexity index is 670. The van der Waals surface area contributed by atoms with Crippen molar-refractivity contribution in [2.45, 2.75) is 13.0 Å². The van der Waals surface area contributed by atoms with Crippen LogP contribution in [-0.4, -0.2) is 39.8 Å². The van der Waals surface area contributed by atoms with Gasteiger partial charge >= 0.3 is 5.97 Å². The number of nitrogens with zero attached hydrogens (tertiary/aromatic N) is 1. The fourth-order valence-electron chi connectivity index (χ4n) is 2.69. The van der Waals surface area contributed by atoms with Crippen LogP contribution in [0.2, 0.25) is 0 Å². The van der Waals surface area contributed by atoms with Crippen molar-refractivity contribution < 1.29 is 33.3 Å². The van der Waals surface area contributed by atoms with Gasteiger partial charge in [0, 0.05) is 5.56 Å². The zero-order valence-electron chi connectivity index (χ0n) is 13.2. The monoisotopic (exact) mass is 323 g/mol. The minimum Gasteiger partial charge on any atom is -0.493 e. The van der Waals surface area contributed by atoms with Crippen LogP contribution in [0.4, 0.5) is 0 Å². The van der Waals surface area contributed by atoms with E-state index in [1.54, 1.807) is 6.07 Å². The van der Waals surface area contributed by atoms with E-state index in [2.05, 4.69) is 5.16 Å². The lowest BCUT2D eigenvalue weighted by Crippen LogP contribution is -2.23. The molecule has 0 spiro atoms.